The number of aryl methyl sites for hydroxylation is 3. The van der Waals surface area contributed by atoms with E-state index in [4.69, 9.17) is 0 Å². The highest BCUT2D eigenvalue weighted by molar-refractivity contribution is 5.94. The van der Waals surface area contributed by atoms with Gasteiger partial charge < -0.3 is 9.47 Å². The molecular formula is C19H23F2N3O. The fourth-order valence-electron chi connectivity index (χ4n) is 3.46. The molecule has 0 aliphatic carbocycles. The molecule has 1 saturated heterocycles. The second kappa shape index (κ2) is 7.33. The minimum Gasteiger partial charge on any atom is -0.336 e. The Morgan fingerprint density at radius 2 is 2.04 bits per heavy atom. The van der Waals surface area contributed by atoms with Crippen molar-refractivity contribution in [2.24, 2.45) is 0 Å². The van der Waals surface area contributed by atoms with Gasteiger partial charge in [0.2, 0.25) is 0 Å². The monoisotopic (exact) mass is 347 g/mol. The number of halogens is 2. The predicted octanol–water partition coefficient (Wildman–Crippen LogP) is 3.86. The molecule has 1 aromatic carbocycles. The Balaban J connectivity index is 1.77. The zero-order chi connectivity index (χ0) is 18.0. The van der Waals surface area contributed by atoms with Crippen LogP contribution in [0.2, 0.25) is 0 Å². The average Bonchev–Trinajstić information content (AvgIpc) is 3.03. The molecule has 4 nitrogen and oxygen atoms in total. The normalized spacial score (nSPS) is 17.8. The summed E-state index contributed by atoms with van der Waals surface area (Å²) in [5, 5.41) is 0. The number of rotatable bonds is 4. The van der Waals surface area contributed by atoms with Crippen LogP contribution >= 0.6 is 0 Å². The zero-order valence-electron chi connectivity index (χ0n) is 14.6. The number of amides is 1. The molecule has 1 aliphatic rings. The lowest BCUT2D eigenvalue weighted by atomic mass is 9.97. The van der Waals surface area contributed by atoms with Gasteiger partial charge in [-0.3, -0.25) is 4.79 Å². The van der Waals surface area contributed by atoms with Crippen molar-refractivity contribution >= 4 is 5.91 Å². The number of carbonyl (C=O) groups excluding carboxylic acids is 1. The smallest absolute Gasteiger partial charge is 0.257 e. The van der Waals surface area contributed by atoms with Gasteiger partial charge in [-0.05, 0) is 51.2 Å². The molecule has 0 saturated carbocycles. The van der Waals surface area contributed by atoms with Crippen molar-refractivity contribution in [1.82, 2.24) is 14.5 Å². The molecule has 6 heteroatoms. The number of aromatic nitrogens is 2. The molecule has 1 amide bonds. The molecule has 0 spiro atoms. The molecule has 2 heterocycles. The quantitative estimate of drug-likeness (QED) is 0.842. The molecule has 1 aliphatic heterocycles. The minimum atomic E-state index is -1.04. The minimum absolute atomic E-state index is 0.0341. The van der Waals surface area contributed by atoms with Crippen LogP contribution in [-0.4, -0.2) is 32.9 Å². The van der Waals surface area contributed by atoms with Gasteiger partial charge in [0, 0.05) is 31.5 Å². The molecule has 1 aromatic heterocycles. The summed E-state index contributed by atoms with van der Waals surface area (Å²) < 4.78 is 30.1. The fourth-order valence-corrected chi connectivity index (χ4v) is 3.46. The van der Waals surface area contributed by atoms with E-state index in [9.17, 15) is 13.6 Å². The molecule has 1 atom stereocenters. The third kappa shape index (κ3) is 3.57. The summed E-state index contributed by atoms with van der Waals surface area (Å²) in [6.45, 7) is 4.77. The molecule has 3 rings (SSSR count). The van der Waals surface area contributed by atoms with E-state index >= 15 is 0 Å². The van der Waals surface area contributed by atoms with Gasteiger partial charge in [-0.25, -0.2) is 13.8 Å². The highest BCUT2D eigenvalue weighted by Gasteiger charge is 2.29. The highest BCUT2D eigenvalue weighted by Crippen LogP contribution is 2.25. The van der Waals surface area contributed by atoms with Crippen LogP contribution in [0, 0.1) is 25.5 Å². The summed E-state index contributed by atoms with van der Waals surface area (Å²) in [6.07, 6.45) is 7.27. The van der Waals surface area contributed by atoms with Crippen LogP contribution in [0.3, 0.4) is 0 Å². The van der Waals surface area contributed by atoms with Crippen LogP contribution in [0.5, 0.6) is 0 Å². The first-order valence-electron chi connectivity index (χ1n) is 8.72. The van der Waals surface area contributed by atoms with E-state index in [0.29, 0.717) is 6.54 Å². The Bertz CT molecular complexity index is 772. The second-order valence-corrected chi connectivity index (χ2v) is 6.66. The van der Waals surface area contributed by atoms with Crippen molar-refractivity contribution in [2.45, 2.75) is 52.1 Å². The van der Waals surface area contributed by atoms with Gasteiger partial charge in [-0.2, -0.15) is 0 Å². The van der Waals surface area contributed by atoms with E-state index in [1.54, 1.807) is 11.1 Å². The summed E-state index contributed by atoms with van der Waals surface area (Å²) in [5.41, 5.74) is 0.0358. The van der Waals surface area contributed by atoms with E-state index in [-0.39, 0.29) is 17.2 Å². The fraction of sp³-hybridized carbons (Fsp3) is 0.474. The molecule has 1 fully saturated rings. The van der Waals surface area contributed by atoms with Gasteiger partial charge in [0.05, 0.1) is 5.56 Å². The first-order valence-corrected chi connectivity index (χ1v) is 8.72. The molecule has 0 radical (unpaired) electrons. The Morgan fingerprint density at radius 3 is 2.76 bits per heavy atom. The third-order valence-electron chi connectivity index (χ3n) is 5.02. The summed E-state index contributed by atoms with van der Waals surface area (Å²) in [6, 6.07) is 2.88. The number of imidazole rings is 1. The van der Waals surface area contributed by atoms with Gasteiger partial charge in [0.25, 0.3) is 5.91 Å². The van der Waals surface area contributed by atoms with Gasteiger partial charge in [0.15, 0.2) is 11.6 Å². The lowest BCUT2D eigenvalue weighted by Crippen LogP contribution is -2.44. The number of nitrogens with zero attached hydrogens (tertiary/aromatic N) is 3. The third-order valence-corrected chi connectivity index (χ3v) is 5.02. The number of likely N-dealkylation sites (tertiary alicyclic amines) is 1. The van der Waals surface area contributed by atoms with Crippen molar-refractivity contribution in [3.8, 4) is 0 Å². The van der Waals surface area contributed by atoms with Crippen LogP contribution in [0.4, 0.5) is 8.78 Å². The first kappa shape index (κ1) is 17.6. The van der Waals surface area contributed by atoms with E-state index < -0.39 is 17.5 Å². The van der Waals surface area contributed by atoms with Crippen LogP contribution in [-0.2, 0) is 6.54 Å². The maximum Gasteiger partial charge on any atom is 0.257 e. The van der Waals surface area contributed by atoms with Crippen molar-refractivity contribution in [1.29, 1.82) is 0 Å². The number of piperidine rings is 1. The molecule has 25 heavy (non-hydrogen) atoms. The van der Waals surface area contributed by atoms with E-state index in [2.05, 4.69) is 4.98 Å². The summed E-state index contributed by atoms with van der Waals surface area (Å²) in [7, 11) is 0. The maximum absolute atomic E-state index is 14.2. The summed E-state index contributed by atoms with van der Waals surface area (Å²) in [4.78, 5) is 18.7. The molecule has 0 bridgehead atoms. The zero-order valence-corrected chi connectivity index (χ0v) is 14.6. The second-order valence-electron chi connectivity index (χ2n) is 6.66. The van der Waals surface area contributed by atoms with Crippen LogP contribution in [0.25, 0.3) is 0 Å². The molecule has 134 valence electrons. The standard InChI is InChI=1S/C19H23F2N3O/c1-13-6-7-16(18(21)17(13)20)19(25)24-10-4-3-5-15(24)8-11-23-12-9-22-14(23)2/h6-7,9,12,15H,3-5,8,10-11H2,1-2H3/t15-/m0/s1. The SMILES string of the molecule is Cc1ccc(C(=O)N2CCCC[C@H]2CCn2ccnc2C)c(F)c1F. The van der Waals surface area contributed by atoms with E-state index in [1.807, 2.05) is 17.7 Å². The van der Waals surface area contributed by atoms with Gasteiger partial charge in [0.1, 0.15) is 5.82 Å². The summed E-state index contributed by atoms with van der Waals surface area (Å²) >= 11 is 0. The molecule has 0 N–H and O–H groups in total. The number of benzene rings is 1. The highest BCUT2D eigenvalue weighted by atomic mass is 19.2. The number of hydrogen-bond acceptors (Lipinski definition) is 2. The van der Waals surface area contributed by atoms with Crippen LogP contribution in [0.1, 0.15) is 47.4 Å². The van der Waals surface area contributed by atoms with Crippen LogP contribution < -0.4 is 0 Å². The average molecular weight is 347 g/mol. The number of carbonyl (C=O) groups is 1. The lowest BCUT2D eigenvalue weighted by Gasteiger charge is -2.36. The topological polar surface area (TPSA) is 38.1 Å². The van der Waals surface area contributed by atoms with E-state index in [0.717, 1.165) is 38.1 Å². The van der Waals surface area contributed by atoms with Gasteiger partial charge in [-0.1, -0.05) is 6.07 Å². The summed E-state index contributed by atoms with van der Waals surface area (Å²) in [5.74, 6) is -1.46. The number of hydrogen-bond donors (Lipinski definition) is 0. The molecule has 2 aromatic rings. The van der Waals surface area contributed by atoms with Crippen molar-refractivity contribution in [2.75, 3.05) is 6.54 Å². The van der Waals surface area contributed by atoms with Gasteiger partial charge >= 0.3 is 0 Å². The Hall–Kier alpha value is -2.24. The predicted molar refractivity (Wildman–Crippen MR) is 91.4 cm³/mol. The molecule has 0 unspecified atom stereocenters. The van der Waals surface area contributed by atoms with Crippen LogP contribution in [0.15, 0.2) is 24.5 Å². The first-order chi connectivity index (χ1) is 12.0. The van der Waals surface area contributed by atoms with E-state index in [1.165, 1.54) is 19.1 Å². The lowest BCUT2D eigenvalue weighted by molar-refractivity contribution is 0.0589. The largest absolute Gasteiger partial charge is 0.336 e. The Labute approximate surface area is 146 Å². The maximum atomic E-state index is 14.2. The Morgan fingerprint density at radius 1 is 1.24 bits per heavy atom. The van der Waals surface area contributed by atoms with Gasteiger partial charge in [-0.15, -0.1) is 0 Å². The van der Waals surface area contributed by atoms with Crippen molar-refractivity contribution in [3.05, 3.63) is 53.1 Å². The molecular weight excluding hydrogens is 324 g/mol. The van der Waals surface area contributed by atoms with Crippen molar-refractivity contribution in [3.63, 3.8) is 0 Å². The van der Waals surface area contributed by atoms with Crippen molar-refractivity contribution < 1.29 is 13.6 Å². The Kier molecular flexibility index (Phi) is 5.16.